The van der Waals surface area contributed by atoms with Crippen molar-refractivity contribution in [2.24, 2.45) is 0 Å². The summed E-state index contributed by atoms with van der Waals surface area (Å²) in [5, 5.41) is 0. The van der Waals surface area contributed by atoms with Crippen molar-refractivity contribution in [2.75, 3.05) is 6.54 Å². The second-order valence-electron chi connectivity index (χ2n) is 6.00. The third kappa shape index (κ3) is 3.89. The summed E-state index contributed by atoms with van der Waals surface area (Å²) in [7, 11) is 0. The smallest absolute Gasteiger partial charge is 0.410 e. The number of amides is 1. The second kappa shape index (κ2) is 7.27. The third-order valence-electron chi connectivity index (χ3n) is 4.22. The summed E-state index contributed by atoms with van der Waals surface area (Å²) in [6.07, 6.45) is 4.64. The molecular weight excluding hydrogens is 288 g/mol. The van der Waals surface area contributed by atoms with Crippen LogP contribution in [-0.2, 0) is 11.3 Å². The van der Waals surface area contributed by atoms with E-state index in [1.807, 2.05) is 54.4 Å². The van der Waals surface area contributed by atoms with E-state index in [1.165, 1.54) is 0 Å². The van der Waals surface area contributed by atoms with Gasteiger partial charge in [0.15, 0.2) is 0 Å². The van der Waals surface area contributed by atoms with Crippen LogP contribution in [0, 0.1) is 6.92 Å². The summed E-state index contributed by atoms with van der Waals surface area (Å²) in [5.74, 6) is 0. The maximum absolute atomic E-state index is 12.5. The molecule has 23 heavy (non-hydrogen) atoms. The molecule has 0 radical (unpaired) electrons. The number of rotatable bonds is 3. The second-order valence-corrected chi connectivity index (χ2v) is 6.00. The van der Waals surface area contributed by atoms with E-state index in [2.05, 4.69) is 11.1 Å². The molecule has 4 heteroatoms. The van der Waals surface area contributed by atoms with Crippen molar-refractivity contribution in [2.45, 2.75) is 38.8 Å². The normalized spacial score (nSPS) is 17.8. The molecule has 1 atom stereocenters. The maximum atomic E-state index is 12.5. The van der Waals surface area contributed by atoms with Crippen LogP contribution >= 0.6 is 0 Å². The first-order valence-electron chi connectivity index (χ1n) is 8.14. The molecule has 0 N–H and O–H groups in total. The summed E-state index contributed by atoms with van der Waals surface area (Å²) in [4.78, 5) is 18.8. The molecule has 2 aromatic rings. The van der Waals surface area contributed by atoms with E-state index in [1.54, 1.807) is 0 Å². The minimum atomic E-state index is -0.248. The van der Waals surface area contributed by atoms with Gasteiger partial charge < -0.3 is 4.74 Å². The Labute approximate surface area is 137 Å². The molecule has 1 saturated heterocycles. The van der Waals surface area contributed by atoms with Crippen LogP contribution in [0.3, 0.4) is 0 Å². The van der Waals surface area contributed by atoms with Crippen molar-refractivity contribution in [3.8, 4) is 0 Å². The fraction of sp³-hybridized carbons (Fsp3) is 0.368. The highest BCUT2D eigenvalue weighted by molar-refractivity contribution is 5.68. The van der Waals surface area contributed by atoms with E-state index in [-0.39, 0.29) is 12.1 Å². The topological polar surface area (TPSA) is 42.4 Å². The van der Waals surface area contributed by atoms with Crippen molar-refractivity contribution in [1.82, 2.24) is 9.88 Å². The Bertz CT molecular complexity index is 657. The number of ether oxygens (including phenoxy) is 1. The van der Waals surface area contributed by atoms with Crippen LogP contribution in [0.15, 0.2) is 48.7 Å². The zero-order valence-electron chi connectivity index (χ0n) is 13.4. The van der Waals surface area contributed by atoms with Crippen LogP contribution in [0.5, 0.6) is 0 Å². The first-order chi connectivity index (χ1) is 11.2. The number of piperidine rings is 1. The number of hydrogen-bond donors (Lipinski definition) is 0. The Morgan fingerprint density at radius 2 is 2.09 bits per heavy atom. The number of carbonyl (C=O) groups excluding carboxylic acids is 1. The highest BCUT2D eigenvalue weighted by atomic mass is 16.6. The maximum Gasteiger partial charge on any atom is 0.410 e. The molecule has 120 valence electrons. The van der Waals surface area contributed by atoms with Gasteiger partial charge in [-0.1, -0.05) is 30.3 Å². The lowest BCUT2D eigenvalue weighted by Gasteiger charge is -2.34. The van der Waals surface area contributed by atoms with Crippen molar-refractivity contribution in [3.05, 3.63) is 65.5 Å². The monoisotopic (exact) mass is 310 g/mol. The lowest BCUT2D eigenvalue weighted by molar-refractivity contribution is 0.0669. The molecule has 0 aliphatic carbocycles. The van der Waals surface area contributed by atoms with Gasteiger partial charge in [-0.2, -0.15) is 0 Å². The van der Waals surface area contributed by atoms with Gasteiger partial charge in [-0.3, -0.25) is 9.88 Å². The van der Waals surface area contributed by atoms with Crippen molar-refractivity contribution < 1.29 is 9.53 Å². The summed E-state index contributed by atoms with van der Waals surface area (Å²) in [6, 6.07) is 13.8. The quantitative estimate of drug-likeness (QED) is 0.851. The average molecular weight is 310 g/mol. The molecule has 3 rings (SSSR count). The predicted octanol–water partition coefficient (Wildman–Crippen LogP) is 4.25. The van der Waals surface area contributed by atoms with E-state index >= 15 is 0 Å². The van der Waals surface area contributed by atoms with Gasteiger partial charge in [-0.15, -0.1) is 0 Å². The Kier molecular flexibility index (Phi) is 4.91. The van der Waals surface area contributed by atoms with Gasteiger partial charge in [0.05, 0.1) is 11.7 Å². The molecule has 1 aliphatic heterocycles. The van der Waals surface area contributed by atoms with Crippen molar-refractivity contribution in [3.63, 3.8) is 0 Å². The van der Waals surface area contributed by atoms with Crippen LogP contribution in [0.2, 0.25) is 0 Å². The largest absolute Gasteiger partial charge is 0.445 e. The van der Waals surface area contributed by atoms with Gasteiger partial charge in [0, 0.05) is 12.7 Å². The Morgan fingerprint density at radius 1 is 1.26 bits per heavy atom. The highest BCUT2D eigenvalue weighted by Crippen LogP contribution is 2.30. The van der Waals surface area contributed by atoms with Gasteiger partial charge in [0.1, 0.15) is 6.61 Å². The highest BCUT2D eigenvalue weighted by Gasteiger charge is 2.30. The van der Waals surface area contributed by atoms with E-state index in [4.69, 9.17) is 4.74 Å². The molecule has 1 aromatic carbocycles. The van der Waals surface area contributed by atoms with Crippen LogP contribution in [0.25, 0.3) is 0 Å². The van der Waals surface area contributed by atoms with Gasteiger partial charge >= 0.3 is 6.09 Å². The molecule has 0 saturated carbocycles. The number of aromatic nitrogens is 1. The molecule has 0 bridgehead atoms. The molecule has 0 spiro atoms. The Balaban J connectivity index is 1.69. The van der Waals surface area contributed by atoms with Crippen LogP contribution in [-0.4, -0.2) is 22.5 Å². The number of nitrogens with zero attached hydrogens (tertiary/aromatic N) is 2. The van der Waals surface area contributed by atoms with E-state index in [0.29, 0.717) is 6.61 Å². The zero-order valence-corrected chi connectivity index (χ0v) is 13.4. The molecule has 2 heterocycles. The summed E-state index contributed by atoms with van der Waals surface area (Å²) < 4.78 is 5.51. The number of aryl methyl sites for hydroxylation is 1. The summed E-state index contributed by atoms with van der Waals surface area (Å²) in [5.41, 5.74) is 3.13. The zero-order chi connectivity index (χ0) is 16.1. The van der Waals surface area contributed by atoms with Gasteiger partial charge in [-0.25, -0.2) is 4.79 Å². The van der Waals surface area contributed by atoms with Gasteiger partial charge in [0.25, 0.3) is 0 Å². The molecular formula is C19H22N2O2. The Hall–Kier alpha value is -2.36. The lowest BCUT2D eigenvalue weighted by Crippen LogP contribution is -2.39. The standard InChI is InChI=1S/C19H22N2O2/c1-15-10-11-20-17(13-15)18-9-5-6-12-21(18)19(22)23-14-16-7-3-2-4-8-16/h2-4,7-8,10-11,13,18H,5-6,9,12,14H2,1H3/t18-/m1/s1. The number of likely N-dealkylation sites (tertiary alicyclic amines) is 1. The van der Waals surface area contributed by atoms with Gasteiger partial charge in [-0.05, 0) is 49.4 Å². The van der Waals surface area contributed by atoms with Gasteiger partial charge in [0.2, 0.25) is 0 Å². The molecule has 1 amide bonds. The number of hydrogen-bond acceptors (Lipinski definition) is 3. The minimum absolute atomic E-state index is 0.0203. The number of benzene rings is 1. The Morgan fingerprint density at radius 3 is 2.87 bits per heavy atom. The summed E-state index contributed by atoms with van der Waals surface area (Å²) >= 11 is 0. The molecule has 1 aromatic heterocycles. The average Bonchev–Trinajstić information content (AvgIpc) is 2.60. The molecule has 1 fully saturated rings. The summed E-state index contributed by atoms with van der Waals surface area (Å²) in [6.45, 7) is 3.09. The SMILES string of the molecule is Cc1ccnc([C@H]2CCCCN2C(=O)OCc2ccccc2)c1. The number of carbonyl (C=O) groups is 1. The number of pyridine rings is 1. The first kappa shape index (κ1) is 15.5. The minimum Gasteiger partial charge on any atom is -0.445 e. The fourth-order valence-electron chi connectivity index (χ4n) is 3.00. The molecule has 1 aliphatic rings. The van der Waals surface area contributed by atoms with Crippen LogP contribution in [0.4, 0.5) is 4.79 Å². The van der Waals surface area contributed by atoms with Crippen molar-refractivity contribution >= 4 is 6.09 Å². The van der Waals surface area contributed by atoms with E-state index < -0.39 is 0 Å². The molecule has 0 unspecified atom stereocenters. The van der Waals surface area contributed by atoms with Crippen molar-refractivity contribution in [1.29, 1.82) is 0 Å². The van der Waals surface area contributed by atoms with E-state index in [9.17, 15) is 4.79 Å². The van der Waals surface area contributed by atoms with E-state index in [0.717, 1.165) is 42.6 Å². The predicted molar refractivity (Wildman–Crippen MR) is 88.9 cm³/mol. The molecule has 4 nitrogen and oxygen atoms in total. The van der Waals surface area contributed by atoms with Crippen LogP contribution < -0.4 is 0 Å². The van der Waals surface area contributed by atoms with Crippen LogP contribution in [0.1, 0.15) is 42.1 Å². The first-order valence-corrected chi connectivity index (χ1v) is 8.14. The third-order valence-corrected chi connectivity index (χ3v) is 4.22. The fourth-order valence-corrected chi connectivity index (χ4v) is 3.00. The lowest BCUT2D eigenvalue weighted by atomic mass is 9.98.